The van der Waals surface area contributed by atoms with Crippen LogP contribution < -0.4 is 4.72 Å². The van der Waals surface area contributed by atoms with E-state index in [2.05, 4.69) is 9.71 Å². The van der Waals surface area contributed by atoms with E-state index in [-0.39, 0.29) is 5.82 Å². The van der Waals surface area contributed by atoms with Gasteiger partial charge in [0, 0.05) is 23.9 Å². The Morgan fingerprint density at radius 1 is 1.38 bits per heavy atom. The molecule has 0 spiro atoms. The van der Waals surface area contributed by atoms with E-state index in [9.17, 15) is 12.8 Å². The molecule has 0 aliphatic rings. The first kappa shape index (κ1) is 16.1. The number of sulfonamides is 1. The van der Waals surface area contributed by atoms with Gasteiger partial charge < -0.3 is 0 Å². The molecule has 1 aromatic carbocycles. The summed E-state index contributed by atoms with van der Waals surface area (Å²) in [6.45, 7) is 3.58. The average Bonchev–Trinajstić information content (AvgIpc) is 2.87. The fourth-order valence-corrected chi connectivity index (χ4v) is 3.24. The normalized spacial score (nSPS) is 12.0. The molecule has 0 radical (unpaired) electrons. The SMILES string of the molecule is CC(C)S(=O)(=O)NCCc1csc(-c2cccc(F)c2)n1. The van der Waals surface area contributed by atoms with Crippen molar-refractivity contribution in [2.45, 2.75) is 25.5 Å². The summed E-state index contributed by atoms with van der Waals surface area (Å²) < 4.78 is 38.9. The van der Waals surface area contributed by atoms with Crippen molar-refractivity contribution in [2.75, 3.05) is 6.54 Å². The summed E-state index contributed by atoms with van der Waals surface area (Å²) in [6.07, 6.45) is 0.512. The Morgan fingerprint density at radius 3 is 2.81 bits per heavy atom. The summed E-state index contributed by atoms with van der Waals surface area (Å²) in [5.41, 5.74) is 1.53. The number of nitrogens with zero attached hydrogens (tertiary/aromatic N) is 1. The minimum Gasteiger partial charge on any atom is -0.241 e. The zero-order valence-corrected chi connectivity index (χ0v) is 13.5. The summed E-state index contributed by atoms with van der Waals surface area (Å²) in [7, 11) is -3.24. The molecular weight excluding hydrogens is 311 g/mol. The van der Waals surface area contributed by atoms with Crippen LogP contribution in [0.4, 0.5) is 4.39 Å². The van der Waals surface area contributed by atoms with E-state index >= 15 is 0 Å². The Bertz CT molecular complexity index is 711. The van der Waals surface area contributed by atoms with E-state index < -0.39 is 15.3 Å². The fraction of sp³-hybridized carbons (Fsp3) is 0.357. The highest BCUT2D eigenvalue weighted by molar-refractivity contribution is 7.90. The third-order valence-electron chi connectivity index (χ3n) is 2.93. The zero-order valence-electron chi connectivity index (χ0n) is 11.8. The van der Waals surface area contributed by atoms with E-state index in [4.69, 9.17) is 0 Å². The van der Waals surface area contributed by atoms with Gasteiger partial charge in [-0.2, -0.15) is 0 Å². The number of hydrogen-bond donors (Lipinski definition) is 1. The van der Waals surface area contributed by atoms with Crippen LogP contribution in [-0.4, -0.2) is 25.2 Å². The second kappa shape index (κ2) is 6.64. The van der Waals surface area contributed by atoms with Crippen LogP contribution in [0.15, 0.2) is 29.6 Å². The number of rotatable bonds is 6. The van der Waals surface area contributed by atoms with Crippen molar-refractivity contribution in [1.29, 1.82) is 0 Å². The Kier molecular flexibility index (Phi) is 5.08. The molecule has 21 heavy (non-hydrogen) atoms. The number of nitrogens with one attached hydrogen (secondary N) is 1. The fourth-order valence-electron chi connectivity index (χ4n) is 1.66. The van der Waals surface area contributed by atoms with E-state index in [1.165, 1.54) is 23.5 Å². The van der Waals surface area contributed by atoms with Gasteiger partial charge in [-0.25, -0.2) is 22.5 Å². The number of thiazole rings is 1. The summed E-state index contributed by atoms with van der Waals surface area (Å²) in [5, 5.41) is 2.15. The first-order valence-corrected chi connectivity index (χ1v) is 9.00. The first-order valence-electron chi connectivity index (χ1n) is 6.57. The standard InChI is InChI=1S/C14H17FN2O2S2/c1-10(2)21(18,19)16-7-6-13-9-20-14(17-13)11-4-3-5-12(15)8-11/h3-5,8-10,16H,6-7H2,1-2H3. The number of benzene rings is 1. The van der Waals surface area contributed by atoms with Crippen molar-refractivity contribution in [2.24, 2.45) is 0 Å². The van der Waals surface area contributed by atoms with Gasteiger partial charge in [0.05, 0.1) is 10.9 Å². The summed E-state index contributed by atoms with van der Waals surface area (Å²) >= 11 is 1.42. The van der Waals surface area contributed by atoms with E-state index in [1.54, 1.807) is 26.0 Å². The maximum atomic E-state index is 13.2. The minimum atomic E-state index is -3.24. The molecule has 2 aromatic rings. The van der Waals surface area contributed by atoms with Crippen molar-refractivity contribution in [3.63, 3.8) is 0 Å². The van der Waals surface area contributed by atoms with Gasteiger partial charge in [0.15, 0.2) is 0 Å². The van der Waals surface area contributed by atoms with Crippen LogP contribution in [0.1, 0.15) is 19.5 Å². The van der Waals surface area contributed by atoms with Gasteiger partial charge in [-0.1, -0.05) is 12.1 Å². The lowest BCUT2D eigenvalue weighted by Crippen LogP contribution is -2.32. The van der Waals surface area contributed by atoms with Crippen molar-refractivity contribution in [1.82, 2.24) is 9.71 Å². The molecule has 0 bridgehead atoms. The van der Waals surface area contributed by atoms with E-state index in [0.717, 1.165) is 16.3 Å². The number of hydrogen-bond acceptors (Lipinski definition) is 4. The second-order valence-electron chi connectivity index (χ2n) is 4.89. The van der Waals surface area contributed by atoms with Crippen molar-refractivity contribution in [3.8, 4) is 10.6 Å². The van der Waals surface area contributed by atoms with Crippen LogP contribution in [0.25, 0.3) is 10.6 Å². The molecule has 0 atom stereocenters. The predicted molar refractivity (Wildman–Crippen MR) is 83.3 cm³/mol. The topological polar surface area (TPSA) is 59.1 Å². The molecule has 0 amide bonds. The zero-order chi connectivity index (χ0) is 15.5. The summed E-state index contributed by atoms with van der Waals surface area (Å²) in [5.74, 6) is -0.297. The molecule has 0 saturated carbocycles. The predicted octanol–water partition coefficient (Wildman–Crippen LogP) is 2.82. The third-order valence-corrected chi connectivity index (χ3v) is 5.72. The van der Waals surface area contributed by atoms with Crippen molar-refractivity contribution in [3.05, 3.63) is 41.2 Å². The quantitative estimate of drug-likeness (QED) is 0.887. The number of halogens is 1. The molecule has 7 heteroatoms. The van der Waals surface area contributed by atoms with Gasteiger partial charge in [-0.05, 0) is 26.0 Å². The maximum absolute atomic E-state index is 13.2. The molecule has 0 unspecified atom stereocenters. The van der Waals surface area contributed by atoms with Gasteiger partial charge in [0.2, 0.25) is 10.0 Å². The molecule has 1 heterocycles. The largest absolute Gasteiger partial charge is 0.241 e. The highest BCUT2D eigenvalue weighted by Gasteiger charge is 2.14. The molecule has 1 N–H and O–H groups in total. The van der Waals surface area contributed by atoms with Crippen LogP contribution in [0, 0.1) is 5.82 Å². The van der Waals surface area contributed by atoms with Crippen molar-refractivity contribution >= 4 is 21.4 Å². The molecule has 4 nitrogen and oxygen atoms in total. The van der Waals surface area contributed by atoms with Crippen LogP contribution >= 0.6 is 11.3 Å². The monoisotopic (exact) mass is 328 g/mol. The molecule has 114 valence electrons. The van der Waals surface area contributed by atoms with Crippen LogP contribution in [0.3, 0.4) is 0 Å². The Labute approximate surface area is 128 Å². The third kappa shape index (κ3) is 4.33. The van der Waals surface area contributed by atoms with Crippen molar-refractivity contribution < 1.29 is 12.8 Å². The smallest absolute Gasteiger partial charge is 0.213 e. The minimum absolute atomic E-state index is 0.297. The molecule has 0 saturated heterocycles. The lowest BCUT2D eigenvalue weighted by Gasteiger charge is -2.08. The van der Waals surface area contributed by atoms with Crippen LogP contribution in [-0.2, 0) is 16.4 Å². The molecule has 0 aliphatic carbocycles. The van der Waals surface area contributed by atoms with Gasteiger partial charge in [0.1, 0.15) is 10.8 Å². The lowest BCUT2D eigenvalue weighted by molar-refractivity contribution is 0.572. The molecular formula is C14H17FN2O2S2. The Balaban J connectivity index is 1.98. The van der Waals surface area contributed by atoms with Gasteiger partial charge in [-0.3, -0.25) is 0 Å². The second-order valence-corrected chi connectivity index (χ2v) is 8.07. The van der Waals surface area contributed by atoms with Gasteiger partial charge in [0.25, 0.3) is 0 Å². The highest BCUT2D eigenvalue weighted by atomic mass is 32.2. The molecule has 1 aromatic heterocycles. The Hall–Kier alpha value is -1.31. The first-order chi connectivity index (χ1) is 9.88. The lowest BCUT2D eigenvalue weighted by atomic mass is 10.2. The van der Waals surface area contributed by atoms with Crippen LogP contribution in [0.2, 0.25) is 0 Å². The van der Waals surface area contributed by atoms with E-state index in [0.29, 0.717) is 13.0 Å². The van der Waals surface area contributed by atoms with Gasteiger partial charge in [-0.15, -0.1) is 11.3 Å². The highest BCUT2D eigenvalue weighted by Crippen LogP contribution is 2.24. The van der Waals surface area contributed by atoms with Gasteiger partial charge >= 0.3 is 0 Å². The molecule has 0 aliphatic heterocycles. The Morgan fingerprint density at radius 2 is 2.14 bits per heavy atom. The average molecular weight is 328 g/mol. The van der Waals surface area contributed by atoms with Crippen LogP contribution in [0.5, 0.6) is 0 Å². The summed E-state index contributed by atoms with van der Waals surface area (Å²) in [6, 6.07) is 6.26. The molecule has 0 fully saturated rings. The molecule has 2 rings (SSSR count). The maximum Gasteiger partial charge on any atom is 0.213 e. The number of aromatic nitrogens is 1. The van der Waals surface area contributed by atoms with E-state index in [1.807, 2.05) is 5.38 Å². The summed E-state index contributed by atoms with van der Waals surface area (Å²) in [4.78, 5) is 4.40.